The first-order chi connectivity index (χ1) is 12.7. The van der Waals surface area contributed by atoms with Gasteiger partial charge in [0.25, 0.3) is 0 Å². The molecule has 134 valence electrons. The molecule has 26 heavy (non-hydrogen) atoms. The van der Waals surface area contributed by atoms with Gasteiger partial charge in [0.1, 0.15) is 6.61 Å². The third-order valence-corrected chi connectivity index (χ3v) is 4.80. The summed E-state index contributed by atoms with van der Waals surface area (Å²) in [5, 5.41) is 7.75. The highest BCUT2D eigenvalue weighted by Gasteiger charge is 2.21. The molecule has 1 aliphatic rings. The molecular formula is C21H23N3O2. The number of hydrogen-bond donors (Lipinski definition) is 1. The number of rotatable bonds is 5. The van der Waals surface area contributed by atoms with Crippen LogP contribution in [0, 0.1) is 0 Å². The van der Waals surface area contributed by atoms with Crippen molar-refractivity contribution in [3.63, 3.8) is 0 Å². The standard InChI is InChI=1S/C21H23N3O2/c1-24-11-10-18-17(13-24)21(23-22-18)16-8-9-19(20(12-16)25-2)26-14-15-6-4-3-5-7-15/h3-9,12H,10-11,13-14H2,1-2H3,(H,22,23). The third kappa shape index (κ3) is 3.30. The zero-order chi connectivity index (χ0) is 17.9. The fraction of sp³-hybridized carbons (Fsp3) is 0.286. The minimum atomic E-state index is 0.513. The summed E-state index contributed by atoms with van der Waals surface area (Å²) in [5.41, 5.74) is 5.68. The molecule has 1 N–H and O–H groups in total. The molecule has 0 unspecified atom stereocenters. The van der Waals surface area contributed by atoms with Gasteiger partial charge < -0.3 is 14.4 Å². The average molecular weight is 349 g/mol. The van der Waals surface area contributed by atoms with E-state index in [2.05, 4.69) is 22.1 Å². The fourth-order valence-corrected chi connectivity index (χ4v) is 3.34. The molecule has 1 aliphatic heterocycles. The second-order valence-corrected chi connectivity index (χ2v) is 6.66. The fourth-order valence-electron chi connectivity index (χ4n) is 3.34. The van der Waals surface area contributed by atoms with E-state index in [9.17, 15) is 0 Å². The first kappa shape index (κ1) is 16.7. The average Bonchev–Trinajstić information content (AvgIpc) is 3.10. The molecule has 5 heteroatoms. The van der Waals surface area contributed by atoms with Crippen molar-refractivity contribution in [2.75, 3.05) is 20.7 Å². The molecule has 0 aliphatic carbocycles. The maximum atomic E-state index is 5.95. The second kappa shape index (κ2) is 7.22. The number of aromatic nitrogens is 2. The number of hydrogen-bond acceptors (Lipinski definition) is 4. The van der Waals surface area contributed by atoms with E-state index in [4.69, 9.17) is 9.47 Å². The number of likely N-dealkylation sites (N-methyl/N-ethyl adjacent to an activating group) is 1. The van der Waals surface area contributed by atoms with Crippen LogP contribution in [0.25, 0.3) is 11.3 Å². The lowest BCUT2D eigenvalue weighted by atomic mass is 10.0. The van der Waals surface area contributed by atoms with Crippen molar-refractivity contribution in [3.05, 3.63) is 65.4 Å². The lowest BCUT2D eigenvalue weighted by molar-refractivity contribution is 0.284. The first-order valence-electron chi connectivity index (χ1n) is 8.84. The molecule has 5 nitrogen and oxygen atoms in total. The van der Waals surface area contributed by atoms with Crippen LogP contribution in [0.4, 0.5) is 0 Å². The molecule has 0 radical (unpaired) electrons. The van der Waals surface area contributed by atoms with Crippen molar-refractivity contribution >= 4 is 0 Å². The molecule has 0 saturated heterocycles. The van der Waals surface area contributed by atoms with E-state index in [0.717, 1.165) is 47.8 Å². The van der Waals surface area contributed by atoms with Crippen LogP contribution in [0.15, 0.2) is 48.5 Å². The minimum absolute atomic E-state index is 0.513. The SMILES string of the molecule is COc1cc(-c2n[nH]c3c2CN(C)CC3)ccc1OCc1ccccc1. The number of fused-ring (bicyclic) bond motifs is 1. The summed E-state index contributed by atoms with van der Waals surface area (Å²) in [4.78, 5) is 2.32. The van der Waals surface area contributed by atoms with Gasteiger partial charge in [-0.2, -0.15) is 5.10 Å². The summed E-state index contributed by atoms with van der Waals surface area (Å²) < 4.78 is 11.5. The van der Waals surface area contributed by atoms with E-state index >= 15 is 0 Å². The molecule has 0 fully saturated rings. The minimum Gasteiger partial charge on any atom is -0.493 e. The zero-order valence-electron chi connectivity index (χ0n) is 15.2. The van der Waals surface area contributed by atoms with Gasteiger partial charge in [0.2, 0.25) is 0 Å². The summed E-state index contributed by atoms with van der Waals surface area (Å²) in [6, 6.07) is 16.1. The molecule has 3 aromatic rings. The van der Waals surface area contributed by atoms with Crippen LogP contribution in [0.1, 0.15) is 16.8 Å². The molecule has 0 bridgehead atoms. The molecule has 1 aromatic heterocycles. The normalized spacial score (nSPS) is 14.1. The van der Waals surface area contributed by atoms with Gasteiger partial charge in [-0.25, -0.2) is 0 Å². The first-order valence-corrected chi connectivity index (χ1v) is 8.84. The number of H-pyrrole nitrogens is 1. The molecule has 4 rings (SSSR count). The lowest BCUT2D eigenvalue weighted by Gasteiger charge is -2.22. The number of nitrogens with one attached hydrogen (secondary N) is 1. The molecule has 0 spiro atoms. The maximum absolute atomic E-state index is 5.95. The van der Waals surface area contributed by atoms with E-state index in [1.165, 1.54) is 11.3 Å². The van der Waals surface area contributed by atoms with Gasteiger partial charge in [0.05, 0.1) is 12.8 Å². The van der Waals surface area contributed by atoms with Crippen LogP contribution in [-0.2, 0) is 19.6 Å². The predicted molar refractivity (Wildman–Crippen MR) is 101 cm³/mol. The van der Waals surface area contributed by atoms with E-state index in [0.29, 0.717) is 6.61 Å². The van der Waals surface area contributed by atoms with Gasteiger partial charge in [-0.05, 0) is 30.8 Å². The molecule has 2 heterocycles. The summed E-state index contributed by atoms with van der Waals surface area (Å²) in [7, 11) is 3.81. The summed E-state index contributed by atoms with van der Waals surface area (Å²) in [6.07, 6.45) is 1.01. The molecule has 0 atom stereocenters. The Labute approximate surface area is 153 Å². The Kier molecular flexibility index (Phi) is 4.63. The molecule has 2 aromatic carbocycles. The Morgan fingerprint density at radius 2 is 1.96 bits per heavy atom. The van der Waals surface area contributed by atoms with Crippen LogP contribution in [0.3, 0.4) is 0 Å². The topological polar surface area (TPSA) is 50.4 Å². The van der Waals surface area contributed by atoms with Crippen LogP contribution in [0.2, 0.25) is 0 Å². The molecule has 0 saturated carbocycles. The van der Waals surface area contributed by atoms with Crippen LogP contribution in [-0.4, -0.2) is 35.8 Å². The van der Waals surface area contributed by atoms with Crippen LogP contribution >= 0.6 is 0 Å². The van der Waals surface area contributed by atoms with Gasteiger partial charge >= 0.3 is 0 Å². The van der Waals surface area contributed by atoms with Gasteiger partial charge in [0, 0.05) is 36.3 Å². The van der Waals surface area contributed by atoms with Crippen molar-refractivity contribution in [1.29, 1.82) is 0 Å². The van der Waals surface area contributed by atoms with Crippen molar-refractivity contribution in [1.82, 2.24) is 15.1 Å². The van der Waals surface area contributed by atoms with E-state index in [-0.39, 0.29) is 0 Å². The van der Waals surface area contributed by atoms with Crippen molar-refractivity contribution in [2.24, 2.45) is 0 Å². The summed E-state index contributed by atoms with van der Waals surface area (Å²) >= 11 is 0. The van der Waals surface area contributed by atoms with Gasteiger partial charge in [-0.3, -0.25) is 5.10 Å². The Morgan fingerprint density at radius 1 is 1.12 bits per heavy atom. The Morgan fingerprint density at radius 3 is 2.77 bits per heavy atom. The van der Waals surface area contributed by atoms with Crippen LogP contribution < -0.4 is 9.47 Å². The molecular weight excluding hydrogens is 326 g/mol. The number of benzene rings is 2. The summed E-state index contributed by atoms with van der Waals surface area (Å²) in [6.45, 7) is 2.49. The lowest BCUT2D eigenvalue weighted by Crippen LogP contribution is -2.26. The largest absolute Gasteiger partial charge is 0.493 e. The molecule has 0 amide bonds. The number of nitrogens with zero attached hydrogens (tertiary/aromatic N) is 2. The monoisotopic (exact) mass is 349 g/mol. The smallest absolute Gasteiger partial charge is 0.161 e. The number of aromatic amines is 1. The highest BCUT2D eigenvalue weighted by atomic mass is 16.5. The number of ether oxygens (including phenoxy) is 2. The number of methoxy groups -OCH3 is 1. The van der Waals surface area contributed by atoms with E-state index in [1.807, 2.05) is 48.5 Å². The highest BCUT2D eigenvalue weighted by Crippen LogP contribution is 2.35. The quantitative estimate of drug-likeness (QED) is 0.764. The van der Waals surface area contributed by atoms with Crippen molar-refractivity contribution in [2.45, 2.75) is 19.6 Å². The Bertz CT molecular complexity index is 890. The second-order valence-electron chi connectivity index (χ2n) is 6.66. The third-order valence-electron chi connectivity index (χ3n) is 4.80. The van der Waals surface area contributed by atoms with Gasteiger partial charge in [-0.1, -0.05) is 30.3 Å². The van der Waals surface area contributed by atoms with Gasteiger partial charge in [0.15, 0.2) is 11.5 Å². The van der Waals surface area contributed by atoms with Crippen molar-refractivity contribution < 1.29 is 9.47 Å². The maximum Gasteiger partial charge on any atom is 0.161 e. The predicted octanol–water partition coefficient (Wildman–Crippen LogP) is 3.65. The Balaban J connectivity index is 1.59. The summed E-state index contributed by atoms with van der Waals surface area (Å²) in [5.74, 6) is 1.46. The highest BCUT2D eigenvalue weighted by molar-refractivity contribution is 5.68. The van der Waals surface area contributed by atoms with Gasteiger partial charge in [-0.15, -0.1) is 0 Å². The van der Waals surface area contributed by atoms with E-state index < -0.39 is 0 Å². The Hall–Kier alpha value is -2.79. The zero-order valence-corrected chi connectivity index (χ0v) is 15.2. The van der Waals surface area contributed by atoms with Crippen molar-refractivity contribution in [3.8, 4) is 22.8 Å². The van der Waals surface area contributed by atoms with E-state index in [1.54, 1.807) is 7.11 Å². The van der Waals surface area contributed by atoms with Crippen LogP contribution in [0.5, 0.6) is 11.5 Å².